The lowest BCUT2D eigenvalue weighted by Crippen LogP contribution is -2.62. The van der Waals surface area contributed by atoms with Crippen LogP contribution in [0.5, 0.6) is 5.75 Å². The Bertz CT molecular complexity index is 5280. The highest BCUT2D eigenvalue weighted by molar-refractivity contribution is 8.00. The number of thioether (sulfide) groups is 1. The quantitative estimate of drug-likeness (QED) is 0.0284. The Morgan fingerprint density at radius 3 is 1.62 bits per heavy atom. The fraction of sp³-hybridized carbons (Fsp3) is 0.533. The maximum absolute atomic E-state index is 15.7. The van der Waals surface area contributed by atoms with Crippen LogP contribution in [-0.4, -0.2) is 315 Å². The van der Waals surface area contributed by atoms with Gasteiger partial charge in [0.25, 0.3) is 0 Å². The van der Waals surface area contributed by atoms with E-state index in [1.54, 1.807) is 74.8 Å². The molecule has 43 nitrogen and oxygen atoms in total. The van der Waals surface area contributed by atoms with Gasteiger partial charge < -0.3 is 125 Å². The molecule has 0 aliphatic carbocycles. The highest BCUT2D eigenvalue weighted by Gasteiger charge is 2.48. The highest BCUT2D eigenvalue weighted by Crippen LogP contribution is 2.29. The zero-order chi connectivity index (χ0) is 98.7. The van der Waals surface area contributed by atoms with E-state index in [4.69, 9.17) is 17.2 Å². The average molecular weight is 1910 g/mol. The number of amides is 18. The molecule has 4 aliphatic rings. The molecule has 0 bridgehead atoms. The summed E-state index contributed by atoms with van der Waals surface area (Å²) in [6.45, 7) is 4.62. The van der Waals surface area contributed by atoms with Crippen molar-refractivity contribution < 1.29 is 102 Å². The number of carbonyl (C=O) groups excluding carboxylic acids is 18. The largest absolute Gasteiger partial charge is 0.508 e. The molecule has 0 unspecified atom stereocenters. The number of fused-ring (bicyclic) bond motifs is 5. The molecule has 7 heterocycles. The number of H-pyrrole nitrogens is 3. The molecule has 6 aromatic rings. The van der Waals surface area contributed by atoms with Crippen LogP contribution in [0.4, 0.5) is 0 Å². The number of nitrogens with zero attached hydrogens (tertiary/aromatic N) is 6. The summed E-state index contributed by atoms with van der Waals surface area (Å²) in [6.07, 6.45) is 3.23. The van der Waals surface area contributed by atoms with E-state index >= 15 is 47.9 Å². The second-order valence-electron chi connectivity index (χ2n) is 35.4. The molecule has 18 amide bonds. The number of carbonyl (C=O) groups is 18. The number of aromatic nitrogens is 4. The number of hydrogen-bond donors (Lipinski definition) is 19. The first kappa shape index (κ1) is 105. The smallest absolute Gasteiger partial charge is 0.246 e. The van der Waals surface area contributed by atoms with Crippen LogP contribution in [0.2, 0.25) is 0 Å². The number of imidazole rings is 1. The SMILES string of the molecule is CCCC[C@H]1C(=O)N(C)[C@@H](CCCC)C(=O)N[C@@H](CC(C)C)C(=O)N[C@H](C(=O)NCC(N)=O)CSCC(=O)N[C@H](Cc2ccc(O)cc2)C(=O)N2CCCC[C@H]2C(=O)N[C@@H](CC(N)=O)C(=O)N2CCC[C@H]2C(=O)N[C@@H](Cc2cnc[nH]2)C(=O)N[C@@H](CCC(N)=O)C(=O)N2C[C@H](O)C[C@H]2C(=O)N[C@@H](Cc2c[nH]c3ccccc23)C(=O)N[C@@H](CO)C(=O)N[C@@H](Cc2c[nH]c3ccccc23)C(=O)N1C. The average Bonchev–Trinajstić information content (AvgIpc) is 1.37. The maximum atomic E-state index is 15.7. The van der Waals surface area contributed by atoms with E-state index in [0.29, 0.717) is 77.0 Å². The molecular weight excluding hydrogens is 1780 g/mol. The first-order valence-electron chi connectivity index (χ1n) is 46.0. The second kappa shape index (κ2) is 49.6. The summed E-state index contributed by atoms with van der Waals surface area (Å²) in [5.41, 5.74) is 19.8. The van der Waals surface area contributed by atoms with Crippen LogP contribution >= 0.6 is 11.8 Å². The minimum Gasteiger partial charge on any atom is -0.508 e. The number of nitrogens with one attached hydrogen (secondary N) is 13. The van der Waals surface area contributed by atoms with Crippen molar-refractivity contribution in [2.24, 2.45) is 23.1 Å². The number of unbranched alkanes of at least 4 members (excludes halogenated alkanes) is 2. The van der Waals surface area contributed by atoms with Crippen LogP contribution in [0.3, 0.4) is 0 Å². The molecule has 3 aromatic heterocycles. The lowest BCUT2D eigenvalue weighted by Gasteiger charge is -2.38. The Kier molecular flexibility index (Phi) is 38.2. The number of para-hydroxylation sites is 2. The monoisotopic (exact) mass is 1910 g/mol. The van der Waals surface area contributed by atoms with E-state index in [0.717, 1.165) is 26.5 Å². The number of piperidine rings is 1. The molecule has 44 heteroatoms. The van der Waals surface area contributed by atoms with Crippen LogP contribution in [-0.2, 0) is 112 Å². The molecule has 4 saturated heterocycles. The van der Waals surface area contributed by atoms with Crippen molar-refractivity contribution in [3.63, 3.8) is 0 Å². The predicted octanol–water partition coefficient (Wildman–Crippen LogP) is -2.39. The third-order valence-corrected chi connectivity index (χ3v) is 25.8. The number of aliphatic hydroxyl groups excluding tert-OH is 2. The summed E-state index contributed by atoms with van der Waals surface area (Å²) in [5, 5.41) is 60.7. The lowest BCUT2D eigenvalue weighted by molar-refractivity contribution is -0.149. The van der Waals surface area contributed by atoms with Crippen molar-refractivity contribution in [2.45, 2.75) is 247 Å². The van der Waals surface area contributed by atoms with Crippen molar-refractivity contribution in [3.8, 4) is 5.75 Å². The van der Waals surface area contributed by atoms with Gasteiger partial charge in [-0.25, -0.2) is 4.98 Å². The number of hydrogen-bond acceptors (Lipinski definition) is 23. The second-order valence-corrected chi connectivity index (χ2v) is 36.4. The third kappa shape index (κ3) is 28.3. The topological polar surface area (TPSA) is 643 Å². The van der Waals surface area contributed by atoms with E-state index in [1.807, 2.05) is 13.8 Å². The van der Waals surface area contributed by atoms with Gasteiger partial charge in [0.1, 0.15) is 90.3 Å². The first-order chi connectivity index (χ1) is 64.9. The Balaban J connectivity index is 1.02. The number of aromatic amines is 3. The Morgan fingerprint density at radius 2 is 1.03 bits per heavy atom. The molecule has 0 radical (unpaired) electrons. The van der Waals surface area contributed by atoms with Gasteiger partial charge in [0.05, 0.1) is 37.8 Å². The van der Waals surface area contributed by atoms with E-state index in [2.05, 4.69) is 73.1 Å². The molecule has 4 aliphatic heterocycles. The van der Waals surface area contributed by atoms with Crippen molar-refractivity contribution in [1.82, 2.24) is 97.6 Å². The number of primary amides is 3. The summed E-state index contributed by atoms with van der Waals surface area (Å²) in [4.78, 5) is 283. The van der Waals surface area contributed by atoms with Gasteiger partial charge in [-0.2, -0.15) is 0 Å². The van der Waals surface area contributed by atoms with Gasteiger partial charge in [0.2, 0.25) is 106 Å². The molecule has 15 atom stereocenters. The van der Waals surface area contributed by atoms with Gasteiger partial charge in [0.15, 0.2) is 0 Å². The summed E-state index contributed by atoms with van der Waals surface area (Å²) >= 11 is 0.806. The van der Waals surface area contributed by atoms with Gasteiger partial charge in [-0.1, -0.05) is 102 Å². The van der Waals surface area contributed by atoms with Crippen LogP contribution in [0.1, 0.15) is 153 Å². The van der Waals surface area contributed by atoms with Crippen LogP contribution in [0.15, 0.2) is 97.7 Å². The van der Waals surface area contributed by atoms with Gasteiger partial charge >= 0.3 is 0 Å². The standard InChI is InChI=1S/C92H126N22O21S/c1-7-9-22-70-84(127)103-62(34-50(3)4)80(123)109-69(79(122)99-44-77(95)120)47-136-48-78(121)101-65(35-51-26-28-55(116)29-27-51)90(133)112-32-16-15-24-71(112)86(129)107-67(40-76(94)119)91(134)113-33-17-25-72(113)85(128)105-64(38-54-43-96-49-100-54)82(125)102-61(30-31-75(93)118)89(132)114-45-56(117)39-74(114)87(130)104-63(36-52-41-97-59-20-13-11-18-57(52)59)81(124)108-68(46-115)83(126)106-66(37-53-42-98-60-21-14-12-19-58(53)60)88(131)111(6)73(23-10-8-2)92(135)110(70)5/h11-14,18-21,26-29,41-43,49-50,56,61-74,97-98,115-117H,7-10,15-17,22-25,30-40,44-48H2,1-6H3,(H2,93,118)(H2,94,119)(H2,95,120)(H,96,100)(H,99,122)(H,101,121)(H,102,125)(H,103,127)(H,104,130)(H,105,128)(H,106,126)(H,107,129)(H,108,124)(H,109,123)/t56-,61+,62+,63+,64+,65-,66+,67+,68+,69+,70+,71+,72+,73+,74+/m1/s1. The van der Waals surface area contributed by atoms with Crippen LogP contribution in [0.25, 0.3) is 21.8 Å². The summed E-state index contributed by atoms with van der Waals surface area (Å²) in [6, 6.07) is -2.37. The number of nitrogens with two attached hydrogens (primary N) is 3. The minimum atomic E-state index is -1.91. The lowest BCUT2D eigenvalue weighted by atomic mass is 9.97. The molecule has 4 fully saturated rings. The normalized spacial score (nSPS) is 25.2. The fourth-order valence-electron chi connectivity index (χ4n) is 17.6. The van der Waals surface area contributed by atoms with Gasteiger partial charge in [-0.3, -0.25) is 86.3 Å². The maximum Gasteiger partial charge on any atom is 0.246 e. The molecule has 22 N–H and O–H groups in total. The van der Waals surface area contributed by atoms with Gasteiger partial charge in [0, 0.05) is 124 Å². The summed E-state index contributed by atoms with van der Waals surface area (Å²) in [5.74, 6) is -18.4. The third-order valence-electron chi connectivity index (χ3n) is 24.8. The van der Waals surface area contributed by atoms with Gasteiger partial charge in [-0.05, 0) is 105 Å². The number of aromatic hydroxyl groups is 1. The number of rotatable bonds is 25. The molecule has 0 spiro atoms. The number of likely N-dealkylation sites (N-methyl/N-ethyl adjacent to an activating group) is 2. The van der Waals surface area contributed by atoms with E-state index < -0.39 is 254 Å². The molecular formula is C92H126N22O21S. The minimum absolute atomic E-state index is 0.00466. The van der Waals surface area contributed by atoms with Crippen molar-refractivity contribution in [1.29, 1.82) is 0 Å². The van der Waals surface area contributed by atoms with E-state index in [1.165, 1.54) is 60.7 Å². The molecule has 136 heavy (non-hydrogen) atoms. The number of phenolic OH excluding ortho intramolecular Hbond substituents is 1. The zero-order valence-electron chi connectivity index (χ0n) is 77.1. The van der Waals surface area contributed by atoms with Crippen molar-refractivity contribution >= 4 is 140 Å². The predicted molar refractivity (Wildman–Crippen MR) is 496 cm³/mol. The van der Waals surface area contributed by atoms with E-state index in [-0.39, 0.29) is 94.7 Å². The highest BCUT2D eigenvalue weighted by atomic mass is 32.2. The Labute approximate surface area is 789 Å². The van der Waals surface area contributed by atoms with Crippen LogP contribution in [0, 0.1) is 5.92 Å². The fourth-order valence-corrected chi connectivity index (χ4v) is 18.4. The van der Waals surface area contributed by atoms with E-state index in [9.17, 15) is 53.7 Å². The Morgan fingerprint density at radius 1 is 0.515 bits per heavy atom. The Hall–Kier alpha value is -13.5. The molecule has 0 saturated carbocycles. The first-order valence-corrected chi connectivity index (χ1v) is 47.1. The van der Waals surface area contributed by atoms with Crippen molar-refractivity contribution in [3.05, 3.63) is 120 Å². The molecule has 736 valence electrons. The number of phenols is 1. The zero-order valence-corrected chi connectivity index (χ0v) is 77.9. The van der Waals surface area contributed by atoms with Crippen molar-refractivity contribution in [2.75, 3.05) is 58.4 Å². The summed E-state index contributed by atoms with van der Waals surface area (Å²) < 4.78 is 0. The molecule has 10 rings (SSSR count). The van der Waals surface area contributed by atoms with Gasteiger partial charge in [-0.15, -0.1) is 11.8 Å². The number of aliphatic hydroxyl groups is 2. The van der Waals surface area contributed by atoms with Crippen LogP contribution < -0.4 is 70.4 Å². The summed E-state index contributed by atoms with van der Waals surface area (Å²) in [7, 11) is 2.72. The number of benzene rings is 3. The molecule has 3 aromatic carbocycles.